The molecular formula is C21H35N. The van der Waals surface area contributed by atoms with E-state index in [1.54, 1.807) is 6.42 Å². The SMILES string of the molecule is CCCCC1CCC2CC(C3CCC(C#N)CC3)CCC2C1. The molecule has 0 saturated heterocycles. The molecule has 3 aliphatic carbocycles. The van der Waals surface area contributed by atoms with Crippen molar-refractivity contribution in [3.63, 3.8) is 0 Å². The minimum atomic E-state index is 0.376. The third kappa shape index (κ3) is 3.87. The van der Waals surface area contributed by atoms with Crippen molar-refractivity contribution in [2.24, 2.45) is 35.5 Å². The molecule has 0 radical (unpaired) electrons. The predicted octanol–water partition coefficient (Wildman–Crippen LogP) is 6.34. The molecular weight excluding hydrogens is 266 g/mol. The van der Waals surface area contributed by atoms with Gasteiger partial charge in [-0.05, 0) is 87.4 Å². The summed E-state index contributed by atoms with van der Waals surface area (Å²) in [7, 11) is 0. The molecule has 1 heteroatoms. The summed E-state index contributed by atoms with van der Waals surface area (Å²) in [6.07, 6.45) is 18.6. The Kier molecular flexibility index (Phi) is 5.83. The lowest BCUT2D eigenvalue weighted by Gasteiger charge is -2.45. The average Bonchev–Trinajstić information content (AvgIpc) is 2.59. The largest absolute Gasteiger partial charge is 0.198 e. The van der Waals surface area contributed by atoms with Gasteiger partial charge in [0.25, 0.3) is 0 Å². The van der Waals surface area contributed by atoms with Gasteiger partial charge in [-0.2, -0.15) is 5.26 Å². The minimum absolute atomic E-state index is 0.376. The summed E-state index contributed by atoms with van der Waals surface area (Å²) in [5.74, 6) is 5.54. The lowest BCUT2D eigenvalue weighted by atomic mass is 9.60. The van der Waals surface area contributed by atoms with E-state index in [4.69, 9.17) is 5.26 Å². The Labute approximate surface area is 137 Å². The van der Waals surface area contributed by atoms with Crippen molar-refractivity contribution in [2.45, 2.75) is 90.4 Å². The lowest BCUT2D eigenvalue weighted by molar-refractivity contribution is 0.0606. The number of fused-ring (bicyclic) bond motifs is 1. The fraction of sp³-hybridized carbons (Fsp3) is 0.952. The van der Waals surface area contributed by atoms with E-state index < -0.39 is 0 Å². The molecule has 0 heterocycles. The second-order valence-corrected chi connectivity index (χ2v) is 8.66. The van der Waals surface area contributed by atoms with Crippen molar-refractivity contribution in [1.82, 2.24) is 0 Å². The maximum atomic E-state index is 9.08. The first-order valence-electron chi connectivity index (χ1n) is 10.2. The third-order valence-electron chi connectivity index (χ3n) is 7.35. The summed E-state index contributed by atoms with van der Waals surface area (Å²) in [4.78, 5) is 0. The molecule has 0 aliphatic heterocycles. The zero-order chi connectivity index (χ0) is 15.4. The van der Waals surface area contributed by atoms with Crippen LogP contribution >= 0.6 is 0 Å². The Hall–Kier alpha value is -0.510. The Bertz CT molecular complexity index is 374. The summed E-state index contributed by atoms with van der Waals surface area (Å²) >= 11 is 0. The van der Waals surface area contributed by atoms with Gasteiger partial charge < -0.3 is 0 Å². The molecule has 1 nitrogen and oxygen atoms in total. The van der Waals surface area contributed by atoms with Crippen LogP contribution in [0.5, 0.6) is 0 Å². The van der Waals surface area contributed by atoms with E-state index in [2.05, 4.69) is 13.0 Å². The molecule has 0 N–H and O–H groups in total. The molecule has 0 aromatic heterocycles. The van der Waals surface area contributed by atoms with Gasteiger partial charge in [0.2, 0.25) is 0 Å². The molecule has 0 aromatic carbocycles. The summed E-state index contributed by atoms with van der Waals surface area (Å²) in [6, 6.07) is 2.49. The van der Waals surface area contributed by atoms with Crippen LogP contribution in [0.1, 0.15) is 90.4 Å². The van der Waals surface area contributed by atoms with Crippen LogP contribution in [0.2, 0.25) is 0 Å². The van der Waals surface area contributed by atoms with E-state index in [-0.39, 0.29) is 0 Å². The Morgan fingerprint density at radius 2 is 1.36 bits per heavy atom. The molecule has 0 aromatic rings. The van der Waals surface area contributed by atoms with Gasteiger partial charge in [0.15, 0.2) is 0 Å². The fourth-order valence-electron chi connectivity index (χ4n) is 5.93. The van der Waals surface area contributed by atoms with Gasteiger partial charge in [-0.15, -0.1) is 0 Å². The van der Waals surface area contributed by atoms with E-state index in [9.17, 15) is 0 Å². The highest BCUT2D eigenvalue weighted by atomic mass is 14.4. The predicted molar refractivity (Wildman–Crippen MR) is 92.2 cm³/mol. The average molecular weight is 302 g/mol. The second kappa shape index (κ2) is 7.85. The van der Waals surface area contributed by atoms with E-state index in [1.165, 1.54) is 77.0 Å². The zero-order valence-electron chi connectivity index (χ0n) is 14.6. The van der Waals surface area contributed by atoms with E-state index in [1.807, 2.05) is 0 Å². The van der Waals surface area contributed by atoms with Crippen molar-refractivity contribution >= 4 is 0 Å². The number of nitrogens with zero attached hydrogens (tertiary/aromatic N) is 1. The zero-order valence-corrected chi connectivity index (χ0v) is 14.6. The first-order chi connectivity index (χ1) is 10.8. The number of rotatable bonds is 4. The van der Waals surface area contributed by atoms with Gasteiger partial charge >= 0.3 is 0 Å². The smallest absolute Gasteiger partial charge is 0.0655 e. The Morgan fingerprint density at radius 1 is 0.773 bits per heavy atom. The van der Waals surface area contributed by atoms with Crippen molar-refractivity contribution in [3.05, 3.63) is 0 Å². The minimum Gasteiger partial charge on any atom is -0.198 e. The summed E-state index contributed by atoms with van der Waals surface area (Å²) in [5.41, 5.74) is 0. The van der Waals surface area contributed by atoms with E-state index in [0.29, 0.717) is 5.92 Å². The van der Waals surface area contributed by atoms with Crippen LogP contribution in [0.3, 0.4) is 0 Å². The van der Waals surface area contributed by atoms with Gasteiger partial charge in [-0.3, -0.25) is 0 Å². The lowest BCUT2D eigenvalue weighted by Crippen LogP contribution is -2.34. The quantitative estimate of drug-likeness (QED) is 0.594. The molecule has 0 amide bonds. The molecule has 0 spiro atoms. The highest BCUT2D eigenvalue weighted by Gasteiger charge is 2.38. The van der Waals surface area contributed by atoms with E-state index >= 15 is 0 Å². The molecule has 4 atom stereocenters. The monoisotopic (exact) mass is 301 g/mol. The van der Waals surface area contributed by atoms with E-state index in [0.717, 1.165) is 29.6 Å². The van der Waals surface area contributed by atoms with Crippen LogP contribution < -0.4 is 0 Å². The van der Waals surface area contributed by atoms with Crippen molar-refractivity contribution in [2.75, 3.05) is 0 Å². The van der Waals surface area contributed by atoms with Gasteiger partial charge in [-0.1, -0.05) is 32.6 Å². The fourth-order valence-corrected chi connectivity index (χ4v) is 5.93. The third-order valence-corrected chi connectivity index (χ3v) is 7.35. The topological polar surface area (TPSA) is 23.8 Å². The molecule has 124 valence electrons. The van der Waals surface area contributed by atoms with Crippen LogP contribution in [0, 0.1) is 46.8 Å². The van der Waals surface area contributed by atoms with Gasteiger partial charge in [0, 0.05) is 5.92 Å². The molecule has 22 heavy (non-hydrogen) atoms. The summed E-state index contributed by atoms with van der Waals surface area (Å²) < 4.78 is 0. The molecule has 0 bridgehead atoms. The number of unbranched alkanes of at least 4 members (excludes halogenated alkanes) is 1. The van der Waals surface area contributed by atoms with Gasteiger partial charge in [0.05, 0.1) is 6.07 Å². The molecule has 4 unspecified atom stereocenters. The molecule has 3 aliphatic rings. The Morgan fingerprint density at radius 3 is 2.05 bits per heavy atom. The molecule has 3 saturated carbocycles. The summed E-state index contributed by atoms with van der Waals surface area (Å²) in [6.45, 7) is 2.33. The van der Waals surface area contributed by atoms with Crippen LogP contribution in [0.15, 0.2) is 0 Å². The molecule has 3 rings (SSSR count). The van der Waals surface area contributed by atoms with Crippen molar-refractivity contribution in [1.29, 1.82) is 5.26 Å². The maximum Gasteiger partial charge on any atom is 0.0655 e. The van der Waals surface area contributed by atoms with Crippen LogP contribution in [0.25, 0.3) is 0 Å². The maximum absolute atomic E-state index is 9.08. The van der Waals surface area contributed by atoms with Gasteiger partial charge in [0.1, 0.15) is 0 Å². The van der Waals surface area contributed by atoms with Crippen LogP contribution in [0.4, 0.5) is 0 Å². The highest BCUT2D eigenvalue weighted by molar-refractivity contribution is 4.92. The van der Waals surface area contributed by atoms with Crippen molar-refractivity contribution < 1.29 is 0 Å². The van der Waals surface area contributed by atoms with Crippen molar-refractivity contribution in [3.8, 4) is 6.07 Å². The Balaban J connectivity index is 1.46. The number of hydrogen-bond donors (Lipinski definition) is 0. The number of nitriles is 1. The highest BCUT2D eigenvalue weighted by Crippen LogP contribution is 2.49. The standard InChI is InChI=1S/C21H35N/c1-2-3-4-16-5-10-21-14-20(12-11-19(21)13-16)18-8-6-17(15-22)7-9-18/h16-21H,2-14H2,1H3. The first-order valence-corrected chi connectivity index (χ1v) is 10.2. The normalized spacial score (nSPS) is 42.4. The van der Waals surface area contributed by atoms with Crippen LogP contribution in [-0.2, 0) is 0 Å². The first kappa shape index (κ1) is 16.4. The molecule has 3 fully saturated rings. The van der Waals surface area contributed by atoms with Gasteiger partial charge in [-0.25, -0.2) is 0 Å². The van der Waals surface area contributed by atoms with Crippen LogP contribution in [-0.4, -0.2) is 0 Å². The number of hydrogen-bond acceptors (Lipinski definition) is 1. The summed E-state index contributed by atoms with van der Waals surface area (Å²) in [5, 5.41) is 9.08. The second-order valence-electron chi connectivity index (χ2n) is 8.66.